The maximum atomic E-state index is 6.50. The van der Waals surface area contributed by atoms with E-state index in [1.807, 2.05) is 42.6 Å². The number of nitrogens with one attached hydrogen (secondary N) is 1. The molecule has 1 aliphatic rings. The van der Waals surface area contributed by atoms with Crippen molar-refractivity contribution in [2.45, 2.75) is 6.42 Å². The number of nitrogens with zero attached hydrogens (tertiary/aromatic N) is 5. The Hall–Kier alpha value is -3.72. The molecule has 0 spiro atoms. The van der Waals surface area contributed by atoms with Gasteiger partial charge in [-0.2, -0.15) is 5.10 Å². The van der Waals surface area contributed by atoms with E-state index >= 15 is 0 Å². The van der Waals surface area contributed by atoms with E-state index in [9.17, 15) is 0 Å². The lowest BCUT2D eigenvalue weighted by Gasteiger charge is -2.24. The number of aromatic nitrogens is 4. The van der Waals surface area contributed by atoms with Crippen molar-refractivity contribution in [3.8, 4) is 17.0 Å². The second-order valence-electron chi connectivity index (χ2n) is 8.62. The Balaban J connectivity index is 1.54. The molecule has 0 unspecified atom stereocenters. The summed E-state index contributed by atoms with van der Waals surface area (Å²) < 4.78 is 7.56. The molecule has 3 aromatic heterocycles. The Morgan fingerprint density at radius 3 is 2.89 bits per heavy atom. The predicted molar refractivity (Wildman–Crippen MR) is 146 cm³/mol. The lowest BCUT2D eigenvalue weighted by atomic mass is 9.93. The van der Waals surface area contributed by atoms with Crippen LogP contribution in [0.15, 0.2) is 61.1 Å². The zero-order valence-corrected chi connectivity index (χ0v) is 21.0. The monoisotopic (exact) mass is 501 g/mol. The van der Waals surface area contributed by atoms with Crippen molar-refractivity contribution in [2.24, 2.45) is 5.73 Å². The normalized spacial score (nSPS) is 14.4. The first-order valence-corrected chi connectivity index (χ1v) is 12.1. The van der Waals surface area contributed by atoms with Crippen molar-refractivity contribution in [3.05, 3.63) is 77.2 Å². The molecule has 0 bridgehead atoms. The van der Waals surface area contributed by atoms with Gasteiger partial charge in [0.1, 0.15) is 5.75 Å². The first-order valence-electron chi connectivity index (χ1n) is 11.8. The highest BCUT2D eigenvalue weighted by Crippen LogP contribution is 2.37. The van der Waals surface area contributed by atoms with Crippen LogP contribution in [0.4, 0.5) is 11.6 Å². The molecule has 0 saturated carbocycles. The van der Waals surface area contributed by atoms with Gasteiger partial charge in [-0.25, -0.2) is 14.5 Å². The van der Waals surface area contributed by atoms with Gasteiger partial charge in [-0.15, -0.1) is 0 Å². The molecule has 5 rings (SSSR count). The molecule has 4 aromatic rings. The van der Waals surface area contributed by atoms with Gasteiger partial charge >= 0.3 is 0 Å². The Kier molecular flexibility index (Phi) is 6.99. The molecule has 36 heavy (non-hydrogen) atoms. The van der Waals surface area contributed by atoms with Gasteiger partial charge in [-0.3, -0.25) is 0 Å². The molecule has 0 atom stereocenters. The van der Waals surface area contributed by atoms with E-state index in [2.05, 4.69) is 39.5 Å². The van der Waals surface area contributed by atoms with Gasteiger partial charge in [0.2, 0.25) is 5.95 Å². The Morgan fingerprint density at radius 1 is 1.22 bits per heavy atom. The highest BCUT2D eigenvalue weighted by Gasteiger charge is 2.18. The SMILES string of the molecule is COc1cc(C2=CCN(C)CC2)c(C=CCN)cc1Nc1ncc(Cl)c(-c2cnn3ccccc23)n1. The summed E-state index contributed by atoms with van der Waals surface area (Å²) in [6, 6.07) is 9.97. The molecule has 0 radical (unpaired) electrons. The van der Waals surface area contributed by atoms with Crippen LogP contribution in [0.5, 0.6) is 5.75 Å². The largest absolute Gasteiger partial charge is 0.495 e. The van der Waals surface area contributed by atoms with Crippen molar-refractivity contribution >= 4 is 40.4 Å². The van der Waals surface area contributed by atoms with Gasteiger partial charge in [0, 0.05) is 31.4 Å². The smallest absolute Gasteiger partial charge is 0.227 e. The number of pyridine rings is 1. The number of rotatable bonds is 7. The van der Waals surface area contributed by atoms with Gasteiger partial charge in [-0.05, 0) is 54.4 Å². The third kappa shape index (κ3) is 4.83. The van der Waals surface area contributed by atoms with Gasteiger partial charge in [0.05, 0.1) is 41.4 Å². The van der Waals surface area contributed by atoms with Crippen LogP contribution in [0, 0.1) is 0 Å². The van der Waals surface area contributed by atoms with Crippen LogP contribution in [0.2, 0.25) is 5.02 Å². The number of fused-ring (bicyclic) bond motifs is 1. The number of hydrogen-bond acceptors (Lipinski definition) is 7. The topological polar surface area (TPSA) is 93.6 Å². The lowest BCUT2D eigenvalue weighted by molar-refractivity contribution is 0.370. The molecule has 184 valence electrons. The summed E-state index contributed by atoms with van der Waals surface area (Å²) in [5, 5.41) is 8.18. The molecule has 0 amide bonds. The van der Waals surface area contributed by atoms with Crippen molar-refractivity contribution in [1.82, 2.24) is 24.5 Å². The Bertz CT molecular complexity index is 1460. The molecule has 0 saturated heterocycles. The summed E-state index contributed by atoms with van der Waals surface area (Å²) in [5.74, 6) is 1.11. The van der Waals surface area contributed by atoms with Crippen LogP contribution < -0.4 is 15.8 Å². The molecule has 3 N–H and O–H groups in total. The van der Waals surface area contributed by atoms with E-state index < -0.39 is 0 Å². The quantitative estimate of drug-likeness (QED) is 0.372. The third-order valence-corrected chi connectivity index (χ3v) is 6.51. The van der Waals surface area contributed by atoms with Crippen molar-refractivity contribution in [2.75, 3.05) is 39.1 Å². The van der Waals surface area contributed by atoms with E-state index in [1.165, 1.54) is 5.57 Å². The van der Waals surface area contributed by atoms with Crippen molar-refractivity contribution < 1.29 is 4.74 Å². The number of likely N-dealkylation sites (N-methyl/N-ethyl adjacent to an activating group) is 1. The summed E-state index contributed by atoms with van der Waals surface area (Å²) >= 11 is 6.50. The standard InChI is InChI=1S/C27H28ClN7O/c1-34-12-8-18(9-13-34)20-15-25(36-2)23(14-19(20)6-5-10-29)32-27-30-17-22(28)26(33-27)21-16-31-35-11-4-3-7-24(21)35/h3-8,11,14-17H,9-10,12-13,29H2,1-2H3,(H,30,32,33). The summed E-state index contributed by atoms with van der Waals surface area (Å²) in [5.41, 5.74) is 12.3. The average Bonchev–Trinajstić information content (AvgIpc) is 3.33. The number of ether oxygens (including phenoxy) is 1. The molecular weight excluding hydrogens is 474 g/mol. The fraction of sp³-hybridized carbons (Fsp3) is 0.222. The van der Waals surface area contributed by atoms with E-state index in [0.29, 0.717) is 29.0 Å². The van der Waals surface area contributed by atoms with Crippen molar-refractivity contribution in [1.29, 1.82) is 0 Å². The van der Waals surface area contributed by atoms with Crippen LogP contribution in [-0.2, 0) is 0 Å². The fourth-order valence-corrected chi connectivity index (χ4v) is 4.54. The summed E-state index contributed by atoms with van der Waals surface area (Å²) in [7, 11) is 3.79. The van der Waals surface area contributed by atoms with Gasteiger partial charge < -0.3 is 20.7 Å². The highest BCUT2D eigenvalue weighted by atomic mass is 35.5. The second-order valence-corrected chi connectivity index (χ2v) is 9.03. The lowest BCUT2D eigenvalue weighted by Crippen LogP contribution is -2.23. The first kappa shape index (κ1) is 24.0. The molecule has 1 aromatic carbocycles. The van der Waals surface area contributed by atoms with E-state index in [4.69, 9.17) is 27.1 Å². The molecule has 4 heterocycles. The summed E-state index contributed by atoms with van der Waals surface area (Å²) in [6.07, 6.45) is 12.5. The molecular formula is C27H28ClN7O. The number of nitrogens with two attached hydrogens (primary N) is 1. The van der Waals surface area contributed by atoms with Crippen molar-refractivity contribution in [3.63, 3.8) is 0 Å². The summed E-state index contributed by atoms with van der Waals surface area (Å²) in [4.78, 5) is 11.4. The minimum absolute atomic E-state index is 0.406. The minimum Gasteiger partial charge on any atom is -0.495 e. The Labute approximate surface area is 215 Å². The minimum atomic E-state index is 0.406. The first-order chi connectivity index (χ1) is 17.6. The van der Waals surface area contributed by atoms with E-state index in [-0.39, 0.29) is 0 Å². The van der Waals surface area contributed by atoms with Crippen LogP contribution in [-0.4, -0.2) is 58.3 Å². The second kappa shape index (κ2) is 10.5. The number of methoxy groups -OCH3 is 1. The highest BCUT2D eigenvalue weighted by molar-refractivity contribution is 6.33. The van der Waals surface area contributed by atoms with Crippen LogP contribution >= 0.6 is 11.6 Å². The Morgan fingerprint density at radius 2 is 2.11 bits per heavy atom. The zero-order chi connectivity index (χ0) is 25.1. The van der Waals surface area contributed by atoms with E-state index in [0.717, 1.165) is 47.4 Å². The number of hydrogen-bond donors (Lipinski definition) is 2. The molecule has 9 heteroatoms. The van der Waals surface area contributed by atoms with Crippen LogP contribution in [0.25, 0.3) is 28.4 Å². The molecule has 8 nitrogen and oxygen atoms in total. The predicted octanol–water partition coefficient (Wildman–Crippen LogP) is 4.89. The van der Waals surface area contributed by atoms with Crippen LogP contribution in [0.1, 0.15) is 17.5 Å². The number of benzene rings is 1. The fourth-order valence-electron chi connectivity index (χ4n) is 4.34. The maximum Gasteiger partial charge on any atom is 0.227 e. The number of anilines is 2. The van der Waals surface area contributed by atoms with Gasteiger partial charge in [-0.1, -0.05) is 35.9 Å². The molecule has 1 aliphatic heterocycles. The third-order valence-electron chi connectivity index (χ3n) is 6.24. The van der Waals surface area contributed by atoms with E-state index in [1.54, 1.807) is 24.0 Å². The summed E-state index contributed by atoms with van der Waals surface area (Å²) in [6.45, 7) is 2.39. The van der Waals surface area contributed by atoms with Gasteiger partial charge in [0.15, 0.2) is 0 Å². The maximum absolute atomic E-state index is 6.50. The zero-order valence-electron chi connectivity index (χ0n) is 20.3. The molecule has 0 aliphatic carbocycles. The molecule has 0 fully saturated rings. The van der Waals surface area contributed by atoms with Crippen LogP contribution in [0.3, 0.4) is 0 Å². The van der Waals surface area contributed by atoms with Gasteiger partial charge in [0.25, 0.3) is 0 Å². The average molecular weight is 502 g/mol. The number of halogens is 1.